The van der Waals surface area contributed by atoms with Gasteiger partial charge in [0.1, 0.15) is 11.6 Å². The quantitative estimate of drug-likeness (QED) is 0.457. The van der Waals surface area contributed by atoms with Crippen molar-refractivity contribution in [3.8, 4) is 6.07 Å². The van der Waals surface area contributed by atoms with Crippen LogP contribution in [0.2, 0.25) is 0 Å². The van der Waals surface area contributed by atoms with Gasteiger partial charge in [-0.1, -0.05) is 30.3 Å². The Labute approximate surface area is 159 Å². The van der Waals surface area contributed by atoms with Crippen molar-refractivity contribution in [1.29, 1.82) is 5.26 Å². The summed E-state index contributed by atoms with van der Waals surface area (Å²) < 4.78 is 0. The lowest BCUT2D eigenvalue weighted by Gasteiger charge is -2.25. The maximum absolute atomic E-state index is 12.5. The molecule has 0 radical (unpaired) electrons. The van der Waals surface area contributed by atoms with Crippen LogP contribution < -0.4 is 5.32 Å². The van der Waals surface area contributed by atoms with E-state index in [1.54, 1.807) is 30.5 Å². The molecule has 0 aliphatic heterocycles. The molecule has 1 N–H and O–H groups in total. The van der Waals surface area contributed by atoms with Crippen LogP contribution in [0.4, 0.5) is 5.69 Å². The standard InChI is InChI=1S/C22H23N3O2/c1-16(2)25(14-18-7-5-4-6-8-18)15-20(13-23)22(27)24-21-11-9-19(10-12-21)17(3)26/h4-12,15-16H,14H2,1-3H3,(H,24,27)/b20-15-. The van der Waals surface area contributed by atoms with E-state index in [9.17, 15) is 14.9 Å². The molecule has 0 unspecified atom stereocenters. The number of anilines is 1. The van der Waals surface area contributed by atoms with Crippen molar-refractivity contribution in [3.63, 3.8) is 0 Å². The van der Waals surface area contributed by atoms with Crippen LogP contribution in [0.3, 0.4) is 0 Å². The van der Waals surface area contributed by atoms with Crippen LogP contribution in [0, 0.1) is 11.3 Å². The first-order chi connectivity index (χ1) is 12.9. The second kappa shape index (κ2) is 9.35. The third kappa shape index (κ3) is 5.82. The third-order valence-corrected chi connectivity index (χ3v) is 4.08. The second-order valence-corrected chi connectivity index (χ2v) is 6.49. The number of rotatable bonds is 7. The number of carbonyl (C=O) groups excluding carboxylic acids is 2. The molecule has 138 valence electrons. The van der Waals surface area contributed by atoms with E-state index in [1.165, 1.54) is 6.92 Å². The van der Waals surface area contributed by atoms with Gasteiger partial charge in [-0.15, -0.1) is 0 Å². The van der Waals surface area contributed by atoms with E-state index in [0.29, 0.717) is 17.8 Å². The molecule has 0 spiro atoms. The molecule has 0 fully saturated rings. The summed E-state index contributed by atoms with van der Waals surface area (Å²) in [6.45, 7) is 6.10. The Bertz CT molecular complexity index is 863. The molecule has 0 saturated carbocycles. The topological polar surface area (TPSA) is 73.2 Å². The van der Waals surface area contributed by atoms with E-state index >= 15 is 0 Å². The minimum absolute atomic E-state index is 0.0234. The summed E-state index contributed by atoms with van der Waals surface area (Å²) in [4.78, 5) is 25.8. The van der Waals surface area contributed by atoms with Gasteiger partial charge in [-0.25, -0.2) is 0 Å². The number of hydrogen-bond donors (Lipinski definition) is 1. The lowest BCUT2D eigenvalue weighted by Crippen LogP contribution is -2.27. The van der Waals surface area contributed by atoms with Crippen molar-refractivity contribution >= 4 is 17.4 Å². The Morgan fingerprint density at radius 2 is 1.74 bits per heavy atom. The number of Topliss-reactive ketones (excluding diaryl/α,β-unsaturated/α-hetero) is 1. The van der Waals surface area contributed by atoms with Gasteiger partial charge < -0.3 is 10.2 Å². The van der Waals surface area contributed by atoms with Crippen LogP contribution >= 0.6 is 0 Å². The molecule has 5 heteroatoms. The molecule has 0 heterocycles. The van der Waals surface area contributed by atoms with Crippen molar-refractivity contribution in [1.82, 2.24) is 4.90 Å². The molecule has 0 atom stereocenters. The zero-order chi connectivity index (χ0) is 19.8. The lowest BCUT2D eigenvalue weighted by atomic mass is 10.1. The number of amides is 1. The molecule has 5 nitrogen and oxygen atoms in total. The zero-order valence-electron chi connectivity index (χ0n) is 15.8. The molecule has 2 aromatic carbocycles. The van der Waals surface area contributed by atoms with Gasteiger partial charge >= 0.3 is 0 Å². The molecule has 2 rings (SSSR count). The molecular weight excluding hydrogens is 338 g/mol. The van der Waals surface area contributed by atoms with Crippen LogP contribution in [0.25, 0.3) is 0 Å². The largest absolute Gasteiger partial charge is 0.369 e. The number of nitrogens with zero attached hydrogens (tertiary/aromatic N) is 2. The first-order valence-corrected chi connectivity index (χ1v) is 8.74. The van der Waals surface area contributed by atoms with Gasteiger partial charge in [-0.05, 0) is 50.6 Å². The highest BCUT2D eigenvalue weighted by atomic mass is 16.1. The third-order valence-electron chi connectivity index (χ3n) is 4.08. The van der Waals surface area contributed by atoms with E-state index in [2.05, 4.69) is 5.32 Å². The van der Waals surface area contributed by atoms with E-state index in [-0.39, 0.29) is 17.4 Å². The minimum Gasteiger partial charge on any atom is -0.369 e. The average Bonchev–Trinajstić information content (AvgIpc) is 2.66. The highest BCUT2D eigenvalue weighted by Crippen LogP contribution is 2.14. The van der Waals surface area contributed by atoms with Crippen molar-refractivity contribution in [2.75, 3.05) is 5.32 Å². The highest BCUT2D eigenvalue weighted by molar-refractivity contribution is 6.06. The maximum Gasteiger partial charge on any atom is 0.267 e. The summed E-state index contributed by atoms with van der Waals surface area (Å²) in [7, 11) is 0. The Morgan fingerprint density at radius 3 is 2.26 bits per heavy atom. The molecule has 0 aliphatic carbocycles. The Morgan fingerprint density at radius 1 is 1.11 bits per heavy atom. The van der Waals surface area contributed by atoms with Crippen molar-refractivity contribution < 1.29 is 9.59 Å². The van der Waals surface area contributed by atoms with E-state index < -0.39 is 5.91 Å². The smallest absolute Gasteiger partial charge is 0.267 e. The molecule has 0 aliphatic rings. The van der Waals surface area contributed by atoms with Crippen molar-refractivity contribution in [3.05, 3.63) is 77.5 Å². The number of nitrogens with one attached hydrogen (secondary N) is 1. The number of carbonyl (C=O) groups is 2. The van der Waals surface area contributed by atoms with Crippen LogP contribution in [0.1, 0.15) is 36.7 Å². The zero-order valence-corrected chi connectivity index (χ0v) is 15.8. The first kappa shape index (κ1) is 19.9. The van der Waals surface area contributed by atoms with Gasteiger partial charge in [0.2, 0.25) is 0 Å². The molecule has 0 aromatic heterocycles. The SMILES string of the molecule is CC(=O)c1ccc(NC(=O)/C(C#N)=C\N(Cc2ccccc2)C(C)C)cc1. The van der Waals surface area contributed by atoms with Crippen molar-refractivity contribution in [2.45, 2.75) is 33.4 Å². The van der Waals surface area contributed by atoms with Crippen LogP contribution in [0.15, 0.2) is 66.4 Å². The van der Waals surface area contributed by atoms with Gasteiger partial charge in [-0.2, -0.15) is 5.26 Å². The number of benzene rings is 2. The predicted octanol–water partition coefficient (Wildman–Crippen LogP) is 4.15. The lowest BCUT2D eigenvalue weighted by molar-refractivity contribution is -0.112. The second-order valence-electron chi connectivity index (χ2n) is 6.49. The number of ketones is 1. The Balaban J connectivity index is 2.15. The monoisotopic (exact) mass is 361 g/mol. The Hall–Kier alpha value is -3.39. The van der Waals surface area contributed by atoms with Gasteiger partial charge in [-0.3, -0.25) is 9.59 Å². The average molecular weight is 361 g/mol. The van der Waals surface area contributed by atoms with Crippen LogP contribution in [-0.2, 0) is 11.3 Å². The molecule has 2 aromatic rings. The van der Waals surface area contributed by atoms with Crippen LogP contribution in [0.5, 0.6) is 0 Å². The minimum atomic E-state index is -0.480. The summed E-state index contributed by atoms with van der Waals surface area (Å²) in [5.41, 5.74) is 2.22. The predicted molar refractivity (Wildman–Crippen MR) is 106 cm³/mol. The van der Waals surface area contributed by atoms with Gasteiger partial charge in [0.05, 0.1) is 0 Å². The van der Waals surface area contributed by atoms with E-state index in [0.717, 1.165) is 5.56 Å². The fourth-order valence-corrected chi connectivity index (χ4v) is 2.46. The van der Waals surface area contributed by atoms with Crippen LogP contribution in [-0.4, -0.2) is 22.6 Å². The molecule has 1 amide bonds. The fraction of sp³-hybridized carbons (Fsp3) is 0.227. The van der Waals surface area contributed by atoms with Gasteiger partial charge in [0.25, 0.3) is 5.91 Å². The van der Waals surface area contributed by atoms with Crippen molar-refractivity contribution in [2.24, 2.45) is 0 Å². The fourth-order valence-electron chi connectivity index (χ4n) is 2.46. The summed E-state index contributed by atoms with van der Waals surface area (Å²) in [5, 5.41) is 12.1. The van der Waals surface area contributed by atoms with E-state index in [4.69, 9.17) is 0 Å². The molecule has 27 heavy (non-hydrogen) atoms. The maximum atomic E-state index is 12.5. The van der Waals surface area contributed by atoms with Gasteiger partial charge in [0.15, 0.2) is 5.78 Å². The summed E-state index contributed by atoms with van der Waals surface area (Å²) in [6, 6.07) is 18.6. The summed E-state index contributed by atoms with van der Waals surface area (Å²) >= 11 is 0. The summed E-state index contributed by atoms with van der Waals surface area (Å²) in [6.07, 6.45) is 1.59. The molecule has 0 bridgehead atoms. The van der Waals surface area contributed by atoms with E-state index in [1.807, 2.05) is 55.1 Å². The Kier molecular flexibility index (Phi) is 6.90. The highest BCUT2D eigenvalue weighted by Gasteiger charge is 2.14. The first-order valence-electron chi connectivity index (χ1n) is 8.74. The normalized spacial score (nSPS) is 11.0. The number of hydrogen-bond acceptors (Lipinski definition) is 4. The number of nitriles is 1. The molecule has 0 saturated heterocycles. The van der Waals surface area contributed by atoms with Gasteiger partial charge in [0, 0.05) is 30.0 Å². The molecular formula is C22H23N3O2. The summed E-state index contributed by atoms with van der Waals surface area (Å²) in [5.74, 6) is -0.522.